The molecule has 0 saturated carbocycles. The first-order valence-electron chi connectivity index (χ1n) is 6.05. The Morgan fingerprint density at radius 3 is 2.88 bits per heavy atom. The van der Waals surface area contributed by atoms with E-state index in [-0.39, 0.29) is 5.41 Å². The first kappa shape index (κ1) is 13.7. The van der Waals surface area contributed by atoms with Crippen LogP contribution in [0.1, 0.15) is 45.2 Å². The predicted molar refractivity (Wildman–Crippen MR) is 69.3 cm³/mol. The Hall–Kier alpha value is -1.40. The molecule has 1 N–H and O–H groups in total. The van der Waals surface area contributed by atoms with Crippen LogP contribution in [0.15, 0.2) is 24.5 Å². The lowest BCUT2D eigenvalue weighted by molar-refractivity contribution is 0.304. The molecule has 0 saturated heterocycles. The Kier molecular flexibility index (Phi) is 5.11. The second-order valence-electron chi connectivity index (χ2n) is 5.21. The van der Waals surface area contributed by atoms with Gasteiger partial charge < -0.3 is 5.32 Å². The summed E-state index contributed by atoms with van der Waals surface area (Å²) >= 11 is 0. The van der Waals surface area contributed by atoms with Crippen LogP contribution in [0.2, 0.25) is 0 Å². The molecule has 1 atom stereocenters. The van der Waals surface area contributed by atoms with Gasteiger partial charge in [0.2, 0.25) is 0 Å². The van der Waals surface area contributed by atoms with Gasteiger partial charge in [-0.3, -0.25) is 4.98 Å². The molecule has 0 radical (unpaired) electrons. The molecule has 1 heterocycles. The molecule has 1 unspecified atom stereocenters. The highest BCUT2D eigenvalue weighted by atomic mass is 14.9. The van der Waals surface area contributed by atoms with Crippen LogP contribution in [0.3, 0.4) is 0 Å². The van der Waals surface area contributed by atoms with E-state index in [4.69, 9.17) is 5.26 Å². The quantitative estimate of drug-likeness (QED) is 0.818. The molecule has 0 amide bonds. The third kappa shape index (κ3) is 4.97. The maximum absolute atomic E-state index is 8.61. The highest BCUT2D eigenvalue weighted by Gasteiger charge is 2.18. The van der Waals surface area contributed by atoms with E-state index in [0.717, 1.165) is 13.0 Å². The van der Waals surface area contributed by atoms with Gasteiger partial charge in [0.25, 0.3) is 0 Å². The van der Waals surface area contributed by atoms with Gasteiger partial charge in [0.15, 0.2) is 0 Å². The molecule has 17 heavy (non-hydrogen) atoms. The fourth-order valence-corrected chi connectivity index (χ4v) is 1.66. The van der Waals surface area contributed by atoms with E-state index in [9.17, 15) is 0 Å². The van der Waals surface area contributed by atoms with E-state index in [2.05, 4.69) is 43.2 Å². The molecular weight excluding hydrogens is 210 g/mol. The number of aromatic nitrogens is 1. The van der Waals surface area contributed by atoms with Gasteiger partial charge in [0.1, 0.15) is 0 Å². The first-order valence-corrected chi connectivity index (χ1v) is 6.05. The zero-order valence-corrected chi connectivity index (χ0v) is 10.9. The van der Waals surface area contributed by atoms with E-state index in [0.29, 0.717) is 12.5 Å². The summed E-state index contributed by atoms with van der Waals surface area (Å²) in [7, 11) is 0. The number of nitriles is 1. The molecule has 3 nitrogen and oxygen atoms in total. The van der Waals surface area contributed by atoms with Crippen molar-refractivity contribution in [3.8, 4) is 6.07 Å². The second kappa shape index (κ2) is 6.36. The standard InChI is InChI=1S/C14H21N3/c1-12(13-6-4-9-16-10-13)17-11-14(2,3)7-5-8-15/h4,6,9-10,12,17H,5,7,11H2,1-3H3. The first-order chi connectivity index (χ1) is 8.05. The minimum absolute atomic E-state index is 0.159. The van der Waals surface area contributed by atoms with Crippen molar-refractivity contribution in [2.75, 3.05) is 6.54 Å². The van der Waals surface area contributed by atoms with Crippen molar-refractivity contribution in [3.05, 3.63) is 30.1 Å². The number of hydrogen-bond donors (Lipinski definition) is 1. The molecule has 0 aliphatic rings. The second-order valence-corrected chi connectivity index (χ2v) is 5.21. The number of nitrogens with zero attached hydrogens (tertiary/aromatic N) is 2. The molecule has 1 aromatic rings. The lowest BCUT2D eigenvalue weighted by Gasteiger charge is -2.26. The van der Waals surface area contributed by atoms with E-state index in [1.165, 1.54) is 5.56 Å². The lowest BCUT2D eigenvalue weighted by atomic mass is 9.87. The molecule has 0 aliphatic carbocycles. The Morgan fingerprint density at radius 2 is 2.29 bits per heavy atom. The zero-order valence-electron chi connectivity index (χ0n) is 10.9. The third-order valence-corrected chi connectivity index (χ3v) is 2.98. The molecule has 1 rings (SSSR count). The molecule has 0 bridgehead atoms. The van der Waals surface area contributed by atoms with E-state index < -0.39 is 0 Å². The van der Waals surface area contributed by atoms with Crippen LogP contribution in [0.5, 0.6) is 0 Å². The molecule has 0 aliphatic heterocycles. The molecule has 0 spiro atoms. The molecule has 92 valence electrons. The summed E-state index contributed by atoms with van der Waals surface area (Å²) in [4.78, 5) is 4.12. The number of pyridine rings is 1. The fraction of sp³-hybridized carbons (Fsp3) is 0.571. The predicted octanol–water partition coefficient (Wildman–Crippen LogP) is 3.06. The number of rotatable bonds is 6. The van der Waals surface area contributed by atoms with Gasteiger partial charge in [-0.25, -0.2) is 0 Å². The monoisotopic (exact) mass is 231 g/mol. The Labute approximate surface area is 104 Å². The van der Waals surface area contributed by atoms with Crippen molar-refractivity contribution in [2.24, 2.45) is 5.41 Å². The minimum atomic E-state index is 0.159. The maximum atomic E-state index is 8.61. The minimum Gasteiger partial charge on any atom is -0.310 e. The number of hydrogen-bond acceptors (Lipinski definition) is 3. The lowest BCUT2D eigenvalue weighted by Crippen LogP contribution is -2.31. The van der Waals surface area contributed by atoms with Gasteiger partial charge in [-0.05, 0) is 30.4 Å². The SMILES string of the molecule is CC(NCC(C)(C)CCC#N)c1cccnc1. The summed E-state index contributed by atoms with van der Waals surface area (Å²) < 4.78 is 0. The maximum Gasteiger partial charge on any atom is 0.0621 e. The molecule has 0 fully saturated rings. The van der Waals surface area contributed by atoms with Crippen LogP contribution in [0.4, 0.5) is 0 Å². The van der Waals surface area contributed by atoms with Crippen molar-refractivity contribution in [2.45, 2.75) is 39.7 Å². The Balaban J connectivity index is 2.43. The summed E-state index contributed by atoms with van der Waals surface area (Å²) in [5.74, 6) is 0. The van der Waals surface area contributed by atoms with Gasteiger partial charge >= 0.3 is 0 Å². The van der Waals surface area contributed by atoms with Gasteiger partial charge in [0.05, 0.1) is 6.07 Å². The number of nitrogens with one attached hydrogen (secondary N) is 1. The smallest absolute Gasteiger partial charge is 0.0621 e. The normalized spacial score (nSPS) is 13.1. The Morgan fingerprint density at radius 1 is 1.53 bits per heavy atom. The molecule has 1 aromatic heterocycles. The highest BCUT2D eigenvalue weighted by molar-refractivity contribution is 5.12. The van der Waals surface area contributed by atoms with Crippen LogP contribution in [-0.4, -0.2) is 11.5 Å². The third-order valence-electron chi connectivity index (χ3n) is 2.98. The average Bonchev–Trinajstić information content (AvgIpc) is 2.35. The topological polar surface area (TPSA) is 48.7 Å². The largest absolute Gasteiger partial charge is 0.310 e. The fourth-order valence-electron chi connectivity index (χ4n) is 1.66. The average molecular weight is 231 g/mol. The summed E-state index contributed by atoms with van der Waals surface area (Å²) in [6.07, 6.45) is 5.22. The van der Waals surface area contributed by atoms with Crippen molar-refractivity contribution >= 4 is 0 Å². The van der Waals surface area contributed by atoms with Crippen molar-refractivity contribution in [1.29, 1.82) is 5.26 Å². The van der Waals surface area contributed by atoms with Crippen LogP contribution < -0.4 is 5.32 Å². The van der Waals surface area contributed by atoms with Crippen molar-refractivity contribution in [1.82, 2.24) is 10.3 Å². The van der Waals surface area contributed by atoms with Crippen LogP contribution in [0, 0.1) is 16.7 Å². The zero-order chi connectivity index (χ0) is 12.7. The van der Waals surface area contributed by atoms with Crippen LogP contribution in [-0.2, 0) is 0 Å². The van der Waals surface area contributed by atoms with Crippen molar-refractivity contribution < 1.29 is 0 Å². The highest BCUT2D eigenvalue weighted by Crippen LogP contribution is 2.22. The van der Waals surface area contributed by atoms with Crippen LogP contribution in [0.25, 0.3) is 0 Å². The van der Waals surface area contributed by atoms with E-state index in [1.54, 1.807) is 6.20 Å². The summed E-state index contributed by atoms with van der Waals surface area (Å²) in [5, 5.41) is 12.1. The summed E-state index contributed by atoms with van der Waals surface area (Å²) in [5.41, 5.74) is 1.36. The van der Waals surface area contributed by atoms with Gasteiger partial charge in [-0.2, -0.15) is 5.26 Å². The summed E-state index contributed by atoms with van der Waals surface area (Å²) in [6.45, 7) is 7.42. The van der Waals surface area contributed by atoms with E-state index in [1.807, 2.05) is 12.3 Å². The van der Waals surface area contributed by atoms with Gasteiger partial charge in [-0.15, -0.1) is 0 Å². The van der Waals surface area contributed by atoms with Gasteiger partial charge in [-0.1, -0.05) is 19.9 Å². The molecule has 0 aromatic carbocycles. The Bertz CT molecular complexity index is 365. The summed E-state index contributed by atoms with van der Waals surface area (Å²) in [6, 6.07) is 6.53. The van der Waals surface area contributed by atoms with Crippen LogP contribution >= 0.6 is 0 Å². The molecular formula is C14H21N3. The van der Waals surface area contributed by atoms with E-state index >= 15 is 0 Å². The van der Waals surface area contributed by atoms with Crippen molar-refractivity contribution in [3.63, 3.8) is 0 Å². The molecule has 3 heteroatoms. The van der Waals surface area contributed by atoms with Gasteiger partial charge in [0, 0.05) is 31.4 Å².